The van der Waals surface area contributed by atoms with Crippen LogP contribution in [0.25, 0.3) is 0 Å². The molecular weight excluding hydrogens is 205 g/mol. The molecule has 0 N–H and O–H groups in total. The summed E-state index contributed by atoms with van der Waals surface area (Å²) in [6.07, 6.45) is 0. The van der Waals surface area contributed by atoms with Gasteiger partial charge in [0.15, 0.2) is 0 Å². The molecule has 0 aromatic heterocycles. The van der Waals surface area contributed by atoms with Crippen molar-refractivity contribution >= 4 is 23.2 Å². The summed E-state index contributed by atoms with van der Waals surface area (Å²) in [5, 5.41) is 0. The highest BCUT2D eigenvalue weighted by molar-refractivity contribution is 6.29. The molecule has 0 atom stereocenters. The van der Waals surface area contributed by atoms with E-state index in [1.54, 1.807) is 25.1 Å². The van der Waals surface area contributed by atoms with Gasteiger partial charge in [-0.25, -0.2) is 4.39 Å². The second-order valence-corrected chi connectivity index (χ2v) is 3.26. The number of hydrogen-bond acceptors (Lipinski definition) is 1. The Morgan fingerprint density at radius 3 is 2.79 bits per heavy atom. The summed E-state index contributed by atoms with van der Waals surface area (Å²) in [5.74, 6) is -0.853. The van der Waals surface area contributed by atoms with E-state index >= 15 is 0 Å². The fourth-order valence-electron chi connectivity index (χ4n) is 1.11. The molecule has 0 spiro atoms. The molecule has 0 aliphatic carbocycles. The van der Waals surface area contributed by atoms with Crippen molar-refractivity contribution < 1.29 is 9.18 Å². The van der Waals surface area contributed by atoms with Crippen LogP contribution >= 0.6 is 11.6 Å². The van der Waals surface area contributed by atoms with Gasteiger partial charge in [-0.1, -0.05) is 12.1 Å². The summed E-state index contributed by atoms with van der Waals surface area (Å²) in [6.45, 7) is 1.65. The molecule has 0 heterocycles. The fourth-order valence-corrected chi connectivity index (χ4v) is 1.29. The lowest BCUT2D eigenvalue weighted by molar-refractivity contribution is -0.116. The first-order valence-corrected chi connectivity index (χ1v) is 4.69. The number of carbonyl (C=O) groups is 1. The normalized spacial score (nSPS) is 10.0. The van der Waals surface area contributed by atoms with Crippen molar-refractivity contribution in [2.24, 2.45) is 0 Å². The molecule has 0 aliphatic heterocycles. The van der Waals surface area contributed by atoms with Crippen molar-refractivity contribution in [3.8, 4) is 0 Å². The molecule has 4 heteroatoms. The van der Waals surface area contributed by atoms with Gasteiger partial charge in [-0.3, -0.25) is 4.79 Å². The molecule has 2 nitrogen and oxygen atoms in total. The molecule has 0 unspecified atom stereocenters. The standard InChI is InChI=1S/C10H11ClFNO/c1-7-4-3-5-8(10(7)12)13(2)9(14)6-11/h3-5H,6H2,1-2H3. The van der Waals surface area contributed by atoms with E-state index in [1.165, 1.54) is 11.9 Å². The molecule has 0 saturated heterocycles. The van der Waals surface area contributed by atoms with Crippen LogP contribution < -0.4 is 4.90 Å². The van der Waals surface area contributed by atoms with Crippen LogP contribution in [0.4, 0.5) is 10.1 Å². The SMILES string of the molecule is Cc1cccc(N(C)C(=O)CCl)c1F. The number of amides is 1. The van der Waals surface area contributed by atoms with Gasteiger partial charge in [-0.2, -0.15) is 0 Å². The van der Waals surface area contributed by atoms with Crippen molar-refractivity contribution in [1.29, 1.82) is 0 Å². The highest BCUT2D eigenvalue weighted by atomic mass is 35.5. The Balaban J connectivity index is 3.07. The molecule has 0 saturated carbocycles. The summed E-state index contributed by atoms with van der Waals surface area (Å²) < 4.78 is 13.5. The van der Waals surface area contributed by atoms with Gasteiger partial charge in [0.1, 0.15) is 11.7 Å². The molecule has 0 bridgehead atoms. The smallest absolute Gasteiger partial charge is 0.241 e. The Morgan fingerprint density at radius 2 is 2.21 bits per heavy atom. The number of hydrogen-bond donors (Lipinski definition) is 0. The largest absolute Gasteiger partial charge is 0.312 e. The van der Waals surface area contributed by atoms with Crippen LogP contribution in [0.1, 0.15) is 5.56 Å². The molecule has 1 aromatic carbocycles. The van der Waals surface area contributed by atoms with Crippen molar-refractivity contribution in [3.63, 3.8) is 0 Å². The van der Waals surface area contributed by atoms with Crippen molar-refractivity contribution in [3.05, 3.63) is 29.6 Å². The predicted molar refractivity (Wildman–Crippen MR) is 55.3 cm³/mol. The minimum atomic E-state index is -0.381. The summed E-state index contributed by atoms with van der Waals surface area (Å²) in [4.78, 5) is 12.4. The number of aryl methyl sites for hydroxylation is 1. The lowest BCUT2D eigenvalue weighted by Gasteiger charge is -2.17. The van der Waals surface area contributed by atoms with E-state index in [0.717, 1.165) is 0 Å². The van der Waals surface area contributed by atoms with Gasteiger partial charge in [0.25, 0.3) is 0 Å². The third-order valence-corrected chi connectivity index (χ3v) is 2.25. The highest BCUT2D eigenvalue weighted by Crippen LogP contribution is 2.20. The minimum absolute atomic E-state index is 0.149. The van der Waals surface area contributed by atoms with E-state index < -0.39 is 0 Å². The molecule has 14 heavy (non-hydrogen) atoms. The Hall–Kier alpha value is -1.09. The quantitative estimate of drug-likeness (QED) is 0.694. The van der Waals surface area contributed by atoms with Gasteiger partial charge in [0.2, 0.25) is 5.91 Å². The van der Waals surface area contributed by atoms with Crippen LogP contribution in [0.5, 0.6) is 0 Å². The molecule has 1 amide bonds. The van der Waals surface area contributed by atoms with Crippen molar-refractivity contribution in [2.75, 3.05) is 17.8 Å². The first-order chi connectivity index (χ1) is 6.57. The lowest BCUT2D eigenvalue weighted by atomic mass is 10.2. The predicted octanol–water partition coefficient (Wildman–Crippen LogP) is 2.34. The minimum Gasteiger partial charge on any atom is -0.312 e. The maximum absolute atomic E-state index is 13.5. The summed E-state index contributed by atoms with van der Waals surface area (Å²) in [6, 6.07) is 4.90. The average molecular weight is 216 g/mol. The van der Waals surface area contributed by atoms with Crippen LogP contribution in [-0.4, -0.2) is 18.8 Å². The number of carbonyl (C=O) groups excluding carboxylic acids is 1. The van der Waals surface area contributed by atoms with E-state index in [1.807, 2.05) is 0 Å². The molecule has 76 valence electrons. The second-order valence-electron chi connectivity index (χ2n) is 2.99. The topological polar surface area (TPSA) is 20.3 Å². The van der Waals surface area contributed by atoms with Gasteiger partial charge < -0.3 is 4.90 Å². The Kier molecular flexibility index (Phi) is 3.47. The van der Waals surface area contributed by atoms with E-state index in [0.29, 0.717) is 5.56 Å². The van der Waals surface area contributed by atoms with Crippen LogP contribution in [0, 0.1) is 12.7 Å². The molecular formula is C10H11ClFNO. The lowest BCUT2D eigenvalue weighted by Crippen LogP contribution is -2.28. The monoisotopic (exact) mass is 215 g/mol. The first-order valence-electron chi connectivity index (χ1n) is 4.15. The van der Waals surface area contributed by atoms with E-state index in [4.69, 9.17) is 11.6 Å². The summed E-state index contributed by atoms with van der Waals surface area (Å²) in [5.41, 5.74) is 0.771. The highest BCUT2D eigenvalue weighted by Gasteiger charge is 2.14. The first kappa shape index (κ1) is 11.0. The van der Waals surface area contributed by atoms with Crippen LogP contribution in [-0.2, 0) is 4.79 Å². The van der Waals surface area contributed by atoms with Gasteiger partial charge in [0.05, 0.1) is 5.69 Å². The van der Waals surface area contributed by atoms with Gasteiger partial charge in [-0.15, -0.1) is 11.6 Å². The maximum Gasteiger partial charge on any atom is 0.241 e. The molecule has 0 aliphatic rings. The Labute approximate surface area is 87.3 Å². The number of rotatable bonds is 2. The molecule has 1 aromatic rings. The third kappa shape index (κ3) is 2.04. The number of alkyl halides is 1. The number of nitrogens with zero attached hydrogens (tertiary/aromatic N) is 1. The Morgan fingerprint density at radius 1 is 1.57 bits per heavy atom. The van der Waals surface area contributed by atoms with E-state index in [9.17, 15) is 9.18 Å². The number of anilines is 1. The van der Waals surface area contributed by atoms with Gasteiger partial charge >= 0.3 is 0 Å². The van der Waals surface area contributed by atoms with Gasteiger partial charge in [-0.05, 0) is 18.6 Å². The number of halogens is 2. The summed E-state index contributed by atoms with van der Waals surface area (Å²) >= 11 is 5.38. The van der Waals surface area contributed by atoms with Crippen molar-refractivity contribution in [1.82, 2.24) is 0 Å². The number of benzene rings is 1. The summed E-state index contributed by atoms with van der Waals surface area (Å²) in [7, 11) is 1.50. The van der Waals surface area contributed by atoms with Crippen LogP contribution in [0.3, 0.4) is 0 Å². The zero-order chi connectivity index (χ0) is 10.7. The molecule has 0 radical (unpaired) electrons. The third-order valence-electron chi connectivity index (χ3n) is 2.02. The second kappa shape index (κ2) is 4.42. The zero-order valence-electron chi connectivity index (χ0n) is 8.05. The maximum atomic E-state index is 13.5. The zero-order valence-corrected chi connectivity index (χ0v) is 8.81. The molecule has 0 fully saturated rings. The van der Waals surface area contributed by atoms with Gasteiger partial charge in [0, 0.05) is 7.05 Å². The Bertz CT molecular complexity index is 354. The van der Waals surface area contributed by atoms with Crippen LogP contribution in [0.15, 0.2) is 18.2 Å². The van der Waals surface area contributed by atoms with E-state index in [-0.39, 0.29) is 23.3 Å². The van der Waals surface area contributed by atoms with Crippen LogP contribution in [0.2, 0.25) is 0 Å². The van der Waals surface area contributed by atoms with E-state index in [2.05, 4.69) is 0 Å². The average Bonchev–Trinajstić information content (AvgIpc) is 2.20. The van der Waals surface area contributed by atoms with Crippen molar-refractivity contribution in [2.45, 2.75) is 6.92 Å². The fraction of sp³-hybridized carbons (Fsp3) is 0.300. The molecule has 1 rings (SSSR count).